The van der Waals surface area contributed by atoms with E-state index in [9.17, 15) is 0 Å². The Balaban J connectivity index is 1.22. The molecule has 0 bridgehead atoms. The Bertz CT molecular complexity index is 3330. The van der Waals surface area contributed by atoms with Crippen LogP contribution in [0.25, 0.3) is 87.8 Å². The Labute approximate surface area is 329 Å². The Hall–Kier alpha value is -7.62. The zero-order valence-electron chi connectivity index (χ0n) is 31.0. The van der Waals surface area contributed by atoms with Crippen LogP contribution in [-0.2, 0) is 0 Å². The summed E-state index contributed by atoms with van der Waals surface area (Å²) >= 11 is 0. The predicted molar refractivity (Wildman–Crippen MR) is 241 cm³/mol. The average molecular weight is 726 g/mol. The average Bonchev–Trinajstić information content (AvgIpc) is 3.77. The van der Waals surface area contributed by atoms with Gasteiger partial charge in [-0.05, 0) is 88.3 Å². The zero-order valence-corrected chi connectivity index (χ0v) is 31.0. The number of aromatic nitrogens is 2. The smallest absolute Gasteiger partial charge is 0.0619 e. The van der Waals surface area contributed by atoms with Gasteiger partial charge in [-0.2, -0.15) is 0 Å². The molecule has 9 aromatic carbocycles. The van der Waals surface area contributed by atoms with E-state index in [0.29, 0.717) is 0 Å². The van der Waals surface area contributed by atoms with Gasteiger partial charge in [-0.1, -0.05) is 152 Å². The molecule has 12 rings (SSSR count). The maximum atomic E-state index is 2.54. The molecule has 12 aromatic rings. The van der Waals surface area contributed by atoms with Crippen LogP contribution < -0.4 is 4.90 Å². The molecule has 3 heteroatoms. The van der Waals surface area contributed by atoms with Crippen LogP contribution in [0.4, 0.5) is 17.1 Å². The molecule has 0 aliphatic rings. The first-order valence-corrected chi connectivity index (χ1v) is 19.6. The third-order valence-corrected chi connectivity index (χ3v) is 11.8. The van der Waals surface area contributed by atoms with Crippen LogP contribution in [0.2, 0.25) is 0 Å². The van der Waals surface area contributed by atoms with E-state index in [1.54, 1.807) is 0 Å². The van der Waals surface area contributed by atoms with Crippen molar-refractivity contribution in [2.75, 3.05) is 4.90 Å². The summed E-state index contributed by atoms with van der Waals surface area (Å²) in [6.45, 7) is 0. The molecule has 266 valence electrons. The van der Waals surface area contributed by atoms with Gasteiger partial charge in [0, 0.05) is 44.0 Å². The normalized spacial score (nSPS) is 11.9. The fourth-order valence-corrected chi connectivity index (χ4v) is 9.33. The van der Waals surface area contributed by atoms with Crippen molar-refractivity contribution in [1.29, 1.82) is 0 Å². The topological polar surface area (TPSA) is 12.6 Å². The Kier molecular flexibility index (Phi) is 6.93. The van der Waals surface area contributed by atoms with E-state index in [1.165, 1.54) is 82.2 Å². The van der Waals surface area contributed by atoms with Crippen molar-refractivity contribution in [3.63, 3.8) is 0 Å². The summed E-state index contributed by atoms with van der Waals surface area (Å²) in [6.07, 6.45) is 0. The fraction of sp³-hybridized carbons (Fsp3) is 0. The maximum Gasteiger partial charge on any atom is 0.0619 e. The van der Waals surface area contributed by atoms with Crippen LogP contribution in [0.15, 0.2) is 212 Å². The molecule has 0 N–H and O–H groups in total. The third-order valence-electron chi connectivity index (χ3n) is 11.8. The highest BCUT2D eigenvalue weighted by Crippen LogP contribution is 2.47. The molecule has 3 nitrogen and oxygen atoms in total. The standard InChI is InChI=1S/C54H35N3/c1-4-14-36(15-5-1)38-26-30-41(31-27-38)55(42-32-28-39(29-33-42)37-16-6-2-7-17-37)43-34-50-53-51(35-43)57-48-24-11-10-20-44(48)46-22-12-23-47(54(46)57)45-21-13-25-49(52(45)53)56(50)40-18-8-3-9-19-40/h1-35H. The number of para-hydroxylation sites is 3. The van der Waals surface area contributed by atoms with Gasteiger partial charge in [0.2, 0.25) is 0 Å². The number of benzene rings is 9. The van der Waals surface area contributed by atoms with Crippen LogP contribution >= 0.6 is 0 Å². The minimum absolute atomic E-state index is 1.09. The molecule has 57 heavy (non-hydrogen) atoms. The minimum Gasteiger partial charge on any atom is -0.310 e. The molecule has 0 atom stereocenters. The molecule has 0 saturated heterocycles. The molecule has 0 radical (unpaired) electrons. The summed E-state index contributed by atoms with van der Waals surface area (Å²) in [5.74, 6) is 0. The van der Waals surface area contributed by atoms with E-state index in [2.05, 4.69) is 226 Å². The van der Waals surface area contributed by atoms with E-state index in [-0.39, 0.29) is 0 Å². The number of nitrogens with zero attached hydrogens (tertiary/aromatic N) is 3. The van der Waals surface area contributed by atoms with Crippen LogP contribution in [0.1, 0.15) is 0 Å². The maximum absolute atomic E-state index is 2.54. The molecule has 0 fully saturated rings. The lowest BCUT2D eigenvalue weighted by molar-refractivity contribution is 1.18. The minimum atomic E-state index is 1.09. The Morgan fingerprint density at radius 3 is 1.42 bits per heavy atom. The molecule has 0 spiro atoms. The van der Waals surface area contributed by atoms with E-state index < -0.39 is 0 Å². The van der Waals surface area contributed by atoms with Crippen molar-refractivity contribution >= 4 is 77.0 Å². The summed E-state index contributed by atoms with van der Waals surface area (Å²) < 4.78 is 5.00. The zero-order chi connectivity index (χ0) is 37.5. The lowest BCUT2D eigenvalue weighted by Crippen LogP contribution is -2.10. The Morgan fingerprint density at radius 2 is 0.772 bits per heavy atom. The fourth-order valence-electron chi connectivity index (χ4n) is 9.33. The van der Waals surface area contributed by atoms with Crippen LogP contribution in [0, 0.1) is 0 Å². The first-order chi connectivity index (χ1) is 28.3. The SMILES string of the molecule is c1ccc(-c2ccc(N(c3ccc(-c4ccccc4)cc3)c3cc4c5c6c(cccc6n4-c4ccccc4)c4cccc6c7ccccc7n(c5c3)c46)cc2)cc1. The van der Waals surface area contributed by atoms with E-state index in [0.717, 1.165) is 22.7 Å². The molecule has 0 amide bonds. The summed E-state index contributed by atoms with van der Waals surface area (Å²) in [7, 11) is 0. The van der Waals surface area contributed by atoms with Crippen LogP contribution in [-0.4, -0.2) is 8.97 Å². The van der Waals surface area contributed by atoms with Crippen molar-refractivity contribution in [3.8, 4) is 27.9 Å². The van der Waals surface area contributed by atoms with Gasteiger partial charge in [0.25, 0.3) is 0 Å². The lowest BCUT2D eigenvalue weighted by Gasteiger charge is -2.27. The van der Waals surface area contributed by atoms with Crippen molar-refractivity contribution in [2.24, 2.45) is 0 Å². The molecule has 0 aliphatic heterocycles. The highest BCUT2D eigenvalue weighted by molar-refractivity contribution is 6.31. The predicted octanol–water partition coefficient (Wildman–Crippen LogP) is 14.7. The molecular formula is C54H35N3. The van der Waals surface area contributed by atoms with Crippen molar-refractivity contribution < 1.29 is 0 Å². The van der Waals surface area contributed by atoms with E-state index in [1.807, 2.05) is 0 Å². The number of hydrogen-bond donors (Lipinski definition) is 0. The number of anilines is 3. The van der Waals surface area contributed by atoms with Gasteiger partial charge < -0.3 is 13.9 Å². The third kappa shape index (κ3) is 4.79. The Morgan fingerprint density at radius 1 is 0.298 bits per heavy atom. The van der Waals surface area contributed by atoms with E-state index in [4.69, 9.17) is 0 Å². The van der Waals surface area contributed by atoms with Gasteiger partial charge in [-0.25, -0.2) is 0 Å². The van der Waals surface area contributed by atoms with Crippen molar-refractivity contribution in [3.05, 3.63) is 212 Å². The van der Waals surface area contributed by atoms with Gasteiger partial charge in [-0.15, -0.1) is 0 Å². The summed E-state index contributed by atoms with van der Waals surface area (Å²) in [6, 6.07) is 77.5. The van der Waals surface area contributed by atoms with Crippen LogP contribution in [0.5, 0.6) is 0 Å². The van der Waals surface area contributed by atoms with E-state index >= 15 is 0 Å². The highest BCUT2D eigenvalue weighted by Gasteiger charge is 2.24. The number of hydrogen-bond acceptors (Lipinski definition) is 1. The molecule has 0 aliphatic carbocycles. The second-order valence-corrected chi connectivity index (χ2v) is 14.9. The molecule has 3 heterocycles. The quantitative estimate of drug-likeness (QED) is 0.166. The summed E-state index contributed by atoms with van der Waals surface area (Å²) in [5, 5.41) is 7.58. The molecule has 3 aromatic heterocycles. The monoisotopic (exact) mass is 725 g/mol. The highest BCUT2D eigenvalue weighted by atomic mass is 15.1. The lowest BCUT2D eigenvalue weighted by atomic mass is 10.0. The van der Waals surface area contributed by atoms with Gasteiger partial charge >= 0.3 is 0 Å². The molecule has 0 saturated carbocycles. The molecular weight excluding hydrogens is 691 g/mol. The van der Waals surface area contributed by atoms with Gasteiger partial charge in [0.15, 0.2) is 0 Å². The first kappa shape index (κ1) is 31.7. The second kappa shape index (κ2) is 12.5. The van der Waals surface area contributed by atoms with Gasteiger partial charge in [-0.3, -0.25) is 0 Å². The van der Waals surface area contributed by atoms with Crippen LogP contribution in [0.3, 0.4) is 0 Å². The second-order valence-electron chi connectivity index (χ2n) is 14.9. The summed E-state index contributed by atoms with van der Waals surface area (Å²) in [5.41, 5.74) is 15.2. The largest absolute Gasteiger partial charge is 0.310 e. The van der Waals surface area contributed by atoms with Gasteiger partial charge in [0.1, 0.15) is 0 Å². The number of fused-ring (bicyclic) bond motifs is 5. The summed E-state index contributed by atoms with van der Waals surface area (Å²) in [4.78, 5) is 2.42. The van der Waals surface area contributed by atoms with Crippen molar-refractivity contribution in [1.82, 2.24) is 8.97 Å². The number of rotatable bonds is 6. The van der Waals surface area contributed by atoms with Crippen molar-refractivity contribution in [2.45, 2.75) is 0 Å². The first-order valence-electron chi connectivity index (χ1n) is 19.6. The molecule has 0 unspecified atom stereocenters. The van der Waals surface area contributed by atoms with Gasteiger partial charge in [0.05, 0.1) is 33.3 Å².